The van der Waals surface area contributed by atoms with Gasteiger partial charge in [0, 0.05) is 29.2 Å². The Morgan fingerprint density at radius 1 is 1.03 bits per heavy atom. The summed E-state index contributed by atoms with van der Waals surface area (Å²) in [5.41, 5.74) is 2.83. The van der Waals surface area contributed by atoms with E-state index in [4.69, 9.17) is 21.1 Å². The minimum absolute atomic E-state index is 0.195. The molecule has 0 bridgehead atoms. The molecular weight excluding hydrogens is 444 g/mol. The minimum Gasteiger partial charge on any atom is -0.467 e. The average molecular weight is 465 g/mol. The number of anilines is 1. The molecule has 0 aliphatic carbocycles. The van der Waals surface area contributed by atoms with Gasteiger partial charge in [-0.1, -0.05) is 41.9 Å². The van der Waals surface area contributed by atoms with Crippen LogP contribution in [0, 0.1) is 0 Å². The number of hydrogen-bond acceptors (Lipinski definition) is 5. The molecule has 1 N–H and O–H groups in total. The number of benzene rings is 3. The molecule has 33 heavy (non-hydrogen) atoms. The molecular formula is C25H21ClN2O5. The lowest BCUT2D eigenvalue weighted by molar-refractivity contribution is -0.146. The second-order valence-corrected chi connectivity index (χ2v) is 7.94. The van der Waals surface area contributed by atoms with E-state index in [1.54, 1.807) is 60.7 Å². The van der Waals surface area contributed by atoms with Gasteiger partial charge in [0.05, 0.1) is 7.11 Å². The van der Waals surface area contributed by atoms with Crippen molar-refractivity contribution < 1.29 is 23.9 Å². The van der Waals surface area contributed by atoms with Crippen LogP contribution in [0.3, 0.4) is 0 Å². The second kappa shape index (κ2) is 9.75. The smallest absolute Gasteiger partial charge is 0.417 e. The summed E-state index contributed by atoms with van der Waals surface area (Å²) in [5.74, 6) is -0.344. The summed E-state index contributed by atoms with van der Waals surface area (Å²) in [4.78, 5) is 39.0. The van der Waals surface area contributed by atoms with E-state index in [1.165, 1.54) is 12.0 Å². The Morgan fingerprint density at radius 2 is 1.73 bits per heavy atom. The molecule has 3 aromatic carbocycles. The van der Waals surface area contributed by atoms with Crippen LogP contribution in [0.15, 0.2) is 72.8 Å². The normalized spacial score (nSPS) is 13.3. The number of carbonyl (C=O) groups is 3. The first-order valence-electron chi connectivity index (χ1n) is 10.2. The van der Waals surface area contributed by atoms with Crippen LogP contribution in [0.5, 0.6) is 5.75 Å². The van der Waals surface area contributed by atoms with Gasteiger partial charge in [-0.15, -0.1) is 0 Å². The Balaban J connectivity index is 1.42. The number of rotatable bonds is 6. The third kappa shape index (κ3) is 5.15. The topological polar surface area (TPSA) is 84.9 Å². The zero-order chi connectivity index (χ0) is 23.4. The molecule has 7 nitrogen and oxygen atoms in total. The SMILES string of the molecule is COC(=O)[C@H](Cc1ccc(OC(=O)Nc2ccc(Cl)cc2)cc1)N1Cc2ccccc2C1=O. The van der Waals surface area contributed by atoms with Gasteiger partial charge in [-0.05, 0) is 53.6 Å². The highest BCUT2D eigenvalue weighted by molar-refractivity contribution is 6.30. The van der Waals surface area contributed by atoms with E-state index in [9.17, 15) is 14.4 Å². The summed E-state index contributed by atoms with van der Waals surface area (Å²) in [6.07, 6.45) is -0.373. The molecule has 0 saturated carbocycles. The fourth-order valence-corrected chi connectivity index (χ4v) is 3.81. The molecule has 0 unspecified atom stereocenters. The average Bonchev–Trinajstić information content (AvgIpc) is 3.16. The number of fused-ring (bicyclic) bond motifs is 1. The third-order valence-corrected chi connectivity index (χ3v) is 5.60. The molecule has 1 heterocycles. The van der Waals surface area contributed by atoms with Gasteiger partial charge < -0.3 is 14.4 Å². The molecule has 0 saturated heterocycles. The summed E-state index contributed by atoms with van der Waals surface area (Å²) >= 11 is 5.84. The van der Waals surface area contributed by atoms with Gasteiger partial charge in [-0.2, -0.15) is 0 Å². The second-order valence-electron chi connectivity index (χ2n) is 7.50. The van der Waals surface area contributed by atoms with Crippen molar-refractivity contribution in [3.63, 3.8) is 0 Å². The van der Waals surface area contributed by atoms with E-state index in [0.29, 0.717) is 28.6 Å². The monoisotopic (exact) mass is 464 g/mol. The van der Waals surface area contributed by atoms with Crippen LogP contribution in [-0.4, -0.2) is 36.0 Å². The number of methoxy groups -OCH3 is 1. The third-order valence-electron chi connectivity index (χ3n) is 5.35. The van der Waals surface area contributed by atoms with Crippen molar-refractivity contribution in [2.24, 2.45) is 0 Å². The van der Waals surface area contributed by atoms with Gasteiger partial charge in [0.25, 0.3) is 5.91 Å². The van der Waals surface area contributed by atoms with Crippen LogP contribution in [-0.2, 0) is 22.5 Å². The number of hydrogen-bond donors (Lipinski definition) is 1. The standard InChI is InChI=1S/C25H21ClN2O5/c1-32-24(30)22(28-15-17-4-2-3-5-21(17)23(28)29)14-16-6-12-20(13-7-16)33-25(31)27-19-10-8-18(26)9-11-19/h2-13,22H,14-15H2,1H3,(H,27,31)/t22-/m0/s1. The lowest BCUT2D eigenvalue weighted by Crippen LogP contribution is -2.43. The summed E-state index contributed by atoms with van der Waals surface area (Å²) in [6.45, 7) is 0.348. The molecule has 1 atom stereocenters. The van der Waals surface area contributed by atoms with Crippen molar-refractivity contribution in [3.8, 4) is 5.75 Å². The van der Waals surface area contributed by atoms with E-state index in [1.807, 2.05) is 12.1 Å². The summed E-state index contributed by atoms with van der Waals surface area (Å²) in [6, 6.07) is 19.9. The van der Waals surface area contributed by atoms with E-state index >= 15 is 0 Å². The Labute approximate surface area is 195 Å². The molecule has 1 aliphatic rings. The van der Waals surface area contributed by atoms with Crippen LogP contribution in [0.25, 0.3) is 0 Å². The van der Waals surface area contributed by atoms with Crippen LogP contribution >= 0.6 is 11.6 Å². The molecule has 0 fully saturated rings. The predicted octanol–water partition coefficient (Wildman–Crippen LogP) is 4.69. The zero-order valence-electron chi connectivity index (χ0n) is 17.8. The van der Waals surface area contributed by atoms with Crippen LogP contribution < -0.4 is 10.1 Å². The van der Waals surface area contributed by atoms with Crippen molar-refractivity contribution in [2.45, 2.75) is 19.0 Å². The molecule has 8 heteroatoms. The van der Waals surface area contributed by atoms with Crippen LogP contribution in [0.4, 0.5) is 10.5 Å². The fraction of sp³-hybridized carbons (Fsp3) is 0.160. The number of esters is 1. The lowest BCUT2D eigenvalue weighted by atomic mass is 10.0. The summed E-state index contributed by atoms with van der Waals surface area (Å²) < 4.78 is 10.3. The van der Waals surface area contributed by atoms with Crippen molar-refractivity contribution in [1.29, 1.82) is 0 Å². The predicted molar refractivity (Wildman–Crippen MR) is 123 cm³/mol. The van der Waals surface area contributed by atoms with Gasteiger partial charge in [0.2, 0.25) is 0 Å². The maximum absolute atomic E-state index is 12.8. The van der Waals surface area contributed by atoms with Gasteiger partial charge in [0.1, 0.15) is 11.8 Å². The van der Waals surface area contributed by atoms with E-state index in [-0.39, 0.29) is 12.3 Å². The van der Waals surface area contributed by atoms with E-state index < -0.39 is 18.1 Å². The van der Waals surface area contributed by atoms with Crippen molar-refractivity contribution in [1.82, 2.24) is 4.90 Å². The number of nitrogens with one attached hydrogen (secondary N) is 1. The van der Waals surface area contributed by atoms with Crippen molar-refractivity contribution in [3.05, 3.63) is 94.5 Å². The van der Waals surface area contributed by atoms with Gasteiger partial charge in [0.15, 0.2) is 0 Å². The maximum atomic E-state index is 12.8. The molecule has 1 aliphatic heterocycles. The first-order chi connectivity index (χ1) is 15.9. The molecule has 2 amide bonds. The first kappa shape index (κ1) is 22.4. The zero-order valence-corrected chi connectivity index (χ0v) is 18.5. The van der Waals surface area contributed by atoms with Crippen LogP contribution in [0.1, 0.15) is 21.5 Å². The highest BCUT2D eigenvalue weighted by Crippen LogP contribution is 2.27. The summed E-state index contributed by atoms with van der Waals surface area (Å²) in [7, 11) is 1.30. The van der Waals surface area contributed by atoms with E-state index in [2.05, 4.69) is 5.32 Å². The highest BCUT2D eigenvalue weighted by atomic mass is 35.5. The maximum Gasteiger partial charge on any atom is 0.417 e. The van der Waals surface area contributed by atoms with Crippen molar-refractivity contribution >= 4 is 35.3 Å². The lowest BCUT2D eigenvalue weighted by Gasteiger charge is -2.25. The Kier molecular flexibility index (Phi) is 6.60. The Hall–Kier alpha value is -3.84. The highest BCUT2D eigenvalue weighted by Gasteiger charge is 2.36. The number of carbonyl (C=O) groups excluding carboxylic acids is 3. The quantitative estimate of drug-likeness (QED) is 0.535. The Bertz CT molecular complexity index is 1180. The number of nitrogens with zero attached hydrogens (tertiary/aromatic N) is 1. The molecule has 0 spiro atoms. The molecule has 168 valence electrons. The first-order valence-corrected chi connectivity index (χ1v) is 10.6. The molecule has 3 aromatic rings. The van der Waals surface area contributed by atoms with Crippen LogP contribution in [0.2, 0.25) is 5.02 Å². The summed E-state index contributed by atoms with van der Waals surface area (Å²) in [5, 5.41) is 3.18. The molecule has 4 rings (SSSR count). The number of ether oxygens (including phenoxy) is 2. The fourth-order valence-electron chi connectivity index (χ4n) is 3.69. The molecule has 0 radical (unpaired) electrons. The van der Waals surface area contributed by atoms with Gasteiger partial charge >= 0.3 is 12.1 Å². The van der Waals surface area contributed by atoms with Gasteiger partial charge in [-0.25, -0.2) is 9.59 Å². The minimum atomic E-state index is -0.769. The largest absolute Gasteiger partial charge is 0.467 e. The number of amides is 2. The van der Waals surface area contributed by atoms with Gasteiger partial charge in [-0.3, -0.25) is 10.1 Å². The van der Waals surface area contributed by atoms with Crippen molar-refractivity contribution in [2.75, 3.05) is 12.4 Å². The Morgan fingerprint density at radius 3 is 2.39 bits per heavy atom. The molecule has 0 aromatic heterocycles. The number of halogens is 1. The van der Waals surface area contributed by atoms with E-state index in [0.717, 1.165) is 11.1 Å².